The monoisotopic (exact) mass is 364 g/mol. The minimum atomic E-state index is -0.141. The highest BCUT2D eigenvalue weighted by atomic mass is 32.2. The molecule has 2 rings (SSSR count). The van der Waals surface area contributed by atoms with Gasteiger partial charge in [-0.2, -0.15) is 11.8 Å². The van der Waals surface area contributed by atoms with E-state index in [1.165, 1.54) is 11.8 Å². The molecule has 1 heterocycles. The van der Waals surface area contributed by atoms with Crippen LogP contribution in [0.2, 0.25) is 0 Å². The summed E-state index contributed by atoms with van der Waals surface area (Å²) in [6.45, 7) is 2.06. The van der Waals surface area contributed by atoms with E-state index in [2.05, 4.69) is 22.1 Å². The molecule has 7 heteroatoms. The molecule has 0 bridgehead atoms. The van der Waals surface area contributed by atoms with Crippen molar-refractivity contribution in [3.8, 4) is 5.75 Å². The molecule has 1 aromatic carbocycles. The lowest BCUT2D eigenvalue weighted by Gasteiger charge is -2.08. The molecule has 2 aromatic rings. The van der Waals surface area contributed by atoms with Crippen LogP contribution in [0.4, 0.5) is 5.69 Å². The van der Waals surface area contributed by atoms with Crippen molar-refractivity contribution < 1.29 is 14.3 Å². The molecule has 24 heavy (non-hydrogen) atoms. The molecular formula is C17H20N2O3S2. The van der Waals surface area contributed by atoms with Gasteiger partial charge < -0.3 is 15.4 Å². The number of amides is 2. The van der Waals surface area contributed by atoms with Crippen molar-refractivity contribution in [3.05, 3.63) is 46.7 Å². The highest BCUT2D eigenvalue weighted by Crippen LogP contribution is 2.17. The van der Waals surface area contributed by atoms with E-state index < -0.39 is 0 Å². The molecule has 0 aliphatic rings. The summed E-state index contributed by atoms with van der Waals surface area (Å²) in [6.07, 6.45) is 0. The standard InChI is InChI=1S/C17H20N2O3S2/c1-13(20)19-14-4-6-15(7-5-14)22-11-17(21)18-8-10-23-12-16-3-2-9-24-16/h2-7,9H,8,10-12H2,1H3,(H,18,21)(H,19,20). The number of anilines is 1. The van der Waals surface area contributed by atoms with E-state index in [-0.39, 0.29) is 18.4 Å². The van der Waals surface area contributed by atoms with Crippen molar-refractivity contribution >= 4 is 40.6 Å². The summed E-state index contributed by atoms with van der Waals surface area (Å²) in [7, 11) is 0. The average molecular weight is 364 g/mol. The van der Waals surface area contributed by atoms with E-state index in [0.717, 1.165) is 11.5 Å². The smallest absolute Gasteiger partial charge is 0.257 e. The first-order chi connectivity index (χ1) is 11.6. The average Bonchev–Trinajstić information content (AvgIpc) is 3.07. The largest absolute Gasteiger partial charge is 0.484 e. The second-order valence-electron chi connectivity index (χ2n) is 4.98. The van der Waals surface area contributed by atoms with Crippen LogP contribution in [0.3, 0.4) is 0 Å². The Morgan fingerprint density at radius 2 is 2.00 bits per heavy atom. The Morgan fingerprint density at radius 3 is 2.67 bits per heavy atom. The number of thiophene rings is 1. The number of thioether (sulfide) groups is 1. The van der Waals surface area contributed by atoms with Crippen LogP contribution >= 0.6 is 23.1 Å². The highest BCUT2D eigenvalue weighted by Gasteiger charge is 2.03. The number of rotatable bonds is 9. The predicted molar refractivity (Wildman–Crippen MR) is 99.7 cm³/mol. The Labute approximate surface area is 149 Å². The van der Waals surface area contributed by atoms with Gasteiger partial charge in [0.15, 0.2) is 6.61 Å². The minimum Gasteiger partial charge on any atom is -0.484 e. The van der Waals surface area contributed by atoms with Crippen LogP contribution < -0.4 is 15.4 Å². The summed E-state index contributed by atoms with van der Waals surface area (Å²) < 4.78 is 5.41. The lowest BCUT2D eigenvalue weighted by Crippen LogP contribution is -2.30. The van der Waals surface area contributed by atoms with E-state index in [4.69, 9.17) is 4.74 Å². The Kier molecular flexibility index (Phi) is 7.64. The molecule has 128 valence electrons. The molecule has 1 aromatic heterocycles. The van der Waals surface area contributed by atoms with Crippen LogP contribution in [0, 0.1) is 0 Å². The molecule has 0 spiro atoms. The molecule has 0 fully saturated rings. The molecular weight excluding hydrogens is 344 g/mol. The van der Waals surface area contributed by atoms with Gasteiger partial charge in [0.05, 0.1) is 0 Å². The van der Waals surface area contributed by atoms with Crippen molar-refractivity contribution in [1.29, 1.82) is 0 Å². The third kappa shape index (κ3) is 7.06. The lowest BCUT2D eigenvalue weighted by atomic mass is 10.3. The van der Waals surface area contributed by atoms with Crippen LogP contribution in [0.5, 0.6) is 5.75 Å². The van der Waals surface area contributed by atoms with Gasteiger partial charge in [-0.05, 0) is 35.7 Å². The van der Waals surface area contributed by atoms with Crippen molar-refractivity contribution in [2.75, 3.05) is 24.2 Å². The zero-order valence-corrected chi connectivity index (χ0v) is 15.0. The Balaban J connectivity index is 1.58. The number of carbonyl (C=O) groups is 2. The van der Waals surface area contributed by atoms with Gasteiger partial charge in [-0.25, -0.2) is 0 Å². The normalized spacial score (nSPS) is 10.2. The second kappa shape index (κ2) is 10.00. The fourth-order valence-corrected chi connectivity index (χ4v) is 3.57. The van der Waals surface area contributed by atoms with Crippen LogP contribution in [-0.2, 0) is 15.3 Å². The molecule has 0 atom stereocenters. The maximum absolute atomic E-state index is 11.7. The molecule has 0 aliphatic carbocycles. The van der Waals surface area contributed by atoms with Gasteiger partial charge in [-0.3, -0.25) is 9.59 Å². The molecule has 5 nitrogen and oxygen atoms in total. The zero-order chi connectivity index (χ0) is 17.2. The Hall–Kier alpha value is -1.99. The quantitative estimate of drug-likeness (QED) is 0.671. The third-order valence-corrected chi connectivity index (χ3v) is 5.00. The summed E-state index contributed by atoms with van der Waals surface area (Å²) in [4.78, 5) is 24.0. The fourth-order valence-electron chi connectivity index (χ4n) is 1.87. The predicted octanol–water partition coefficient (Wildman–Crippen LogP) is 3.13. The first kappa shape index (κ1) is 18.4. The van der Waals surface area contributed by atoms with Crippen molar-refractivity contribution in [2.45, 2.75) is 12.7 Å². The van der Waals surface area contributed by atoms with Crippen molar-refractivity contribution in [3.63, 3.8) is 0 Å². The van der Waals surface area contributed by atoms with Crippen LogP contribution in [0.15, 0.2) is 41.8 Å². The van der Waals surface area contributed by atoms with Gasteiger partial charge in [0.2, 0.25) is 5.91 Å². The highest BCUT2D eigenvalue weighted by molar-refractivity contribution is 7.98. The maximum atomic E-state index is 11.7. The zero-order valence-electron chi connectivity index (χ0n) is 13.4. The first-order valence-corrected chi connectivity index (χ1v) is 9.54. The fraction of sp³-hybridized carbons (Fsp3) is 0.294. The van der Waals surface area contributed by atoms with Gasteiger partial charge in [0, 0.05) is 35.5 Å². The number of carbonyl (C=O) groups excluding carboxylic acids is 2. The molecule has 2 N–H and O–H groups in total. The molecule has 0 aliphatic heterocycles. The minimum absolute atomic E-state index is 0.0188. The van der Waals surface area contributed by atoms with Gasteiger partial charge in [0.1, 0.15) is 5.75 Å². The number of hydrogen-bond acceptors (Lipinski definition) is 5. The van der Waals surface area contributed by atoms with Gasteiger partial charge >= 0.3 is 0 Å². The van der Waals surface area contributed by atoms with E-state index in [9.17, 15) is 9.59 Å². The van der Waals surface area contributed by atoms with Crippen molar-refractivity contribution in [1.82, 2.24) is 5.32 Å². The maximum Gasteiger partial charge on any atom is 0.257 e. The molecule has 0 saturated heterocycles. The van der Waals surface area contributed by atoms with Crippen LogP contribution in [0.25, 0.3) is 0 Å². The summed E-state index contributed by atoms with van der Waals surface area (Å²) in [5.74, 6) is 2.17. The summed E-state index contributed by atoms with van der Waals surface area (Å²) in [5.41, 5.74) is 0.696. The first-order valence-electron chi connectivity index (χ1n) is 7.51. The number of nitrogens with one attached hydrogen (secondary N) is 2. The van der Waals surface area contributed by atoms with Crippen LogP contribution in [0.1, 0.15) is 11.8 Å². The van der Waals surface area contributed by atoms with E-state index in [0.29, 0.717) is 18.0 Å². The number of hydrogen-bond donors (Lipinski definition) is 2. The van der Waals surface area contributed by atoms with E-state index in [1.807, 2.05) is 6.07 Å². The lowest BCUT2D eigenvalue weighted by molar-refractivity contribution is -0.123. The molecule has 0 radical (unpaired) electrons. The molecule has 2 amide bonds. The second-order valence-corrected chi connectivity index (χ2v) is 7.11. The summed E-state index contributed by atoms with van der Waals surface area (Å²) in [5, 5.41) is 7.57. The Bertz CT molecular complexity index is 642. The SMILES string of the molecule is CC(=O)Nc1ccc(OCC(=O)NCCSCc2cccs2)cc1. The van der Waals surface area contributed by atoms with Crippen molar-refractivity contribution in [2.24, 2.45) is 0 Å². The van der Waals surface area contributed by atoms with Gasteiger partial charge in [-0.15, -0.1) is 11.3 Å². The summed E-state index contributed by atoms with van der Waals surface area (Å²) in [6, 6.07) is 11.1. The van der Waals surface area contributed by atoms with E-state index >= 15 is 0 Å². The third-order valence-electron chi connectivity index (χ3n) is 2.94. The van der Waals surface area contributed by atoms with Crippen LogP contribution in [-0.4, -0.2) is 30.7 Å². The van der Waals surface area contributed by atoms with E-state index in [1.54, 1.807) is 47.4 Å². The topological polar surface area (TPSA) is 67.4 Å². The molecule has 0 unspecified atom stereocenters. The van der Waals surface area contributed by atoms with Gasteiger partial charge in [-0.1, -0.05) is 6.07 Å². The molecule has 0 saturated carbocycles. The Morgan fingerprint density at radius 1 is 1.21 bits per heavy atom. The van der Waals surface area contributed by atoms with Gasteiger partial charge in [0.25, 0.3) is 5.91 Å². The number of ether oxygens (including phenoxy) is 1. The number of benzene rings is 1. The summed E-state index contributed by atoms with van der Waals surface area (Å²) >= 11 is 3.54.